The molecule has 104 valence electrons. The zero-order valence-electron chi connectivity index (χ0n) is 10.4. The van der Waals surface area contributed by atoms with E-state index in [9.17, 15) is 13.2 Å². The molecule has 1 saturated heterocycles. The van der Waals surface area contributed by atoms with Gasteiger partial charge in [-0.1, -0.05) is 6.42 Å². The van der Waals surface area contributed by atoms with Crippen LogP contribution in [0.1, 0.15) is 29.8 Å². The van der Waals surface area contributed by atoms with Crippen molar-refractivity contribution in [3.8, 4) is 0 Å². The van der Waals surface area contributed by atoms with Crippen molar-refractivity contribution in [1.82, 2.24) is 9.29 Å². The van der Waals surface area contributed by atoms with Crippen LogP contribution in [0.5, 0.6) is 0 Å². The molecule has 3 rings (SSSR count). The van der Waals surface area contributed by atoms with E-state index in [1.807, 2.05) is 0 Å². The number of carbonyl (C=O) groups is 1. The number of sulfonamides is 1. The number of fused-ring (bicyclic) bond motifs is 1. The number of carboxylic acid groups (broad SMARTS) is 1. The molecule has 19 heavy (non-hydrogen) atoms. The lowest BCUT2D eigenvalue weighted by Crippen LogP contribution is -2.29. The van der Waals surface area contributed by atoms with Gasteiger partial charge < -0.3 is 10.1 Å². The maximum Gasteiger partial charge on any atom is 0.352 e. The summed E-state index contributed by atoms with van der Waals surface area (Å²) >= 11 is 0. The van der Waals surface area contributed by atoms with Gasteiger partial charge in [-0.15, -0.1) is 0 Å². The van der Waals surface area contributed by atoms with Crippen molar-refractivity contribution in [2.75, 3.05) is 13.1 Å². The summed E-state index contributed by atoms with van der Waals surface area (Å²) in [5.41, 5.74) is -0.0991. The SMILES string of the molecule is O=C(O)c1cc(S(=O)(=O)N2CC3CCCC3C2)c[nH]1. The Labute approximate surface area is 111 Å². The standard InChI is InChI=1S/C12H16N2O4S/c15-12(16)11-4-10(5-13-11)19(17,18)14-6-8-2-1-3-9(8)7-14/h4-5,8-9,13H,1-3,6-7H2,(H,15,16). The van der Waals surface area contributed by atoms with Crippen LogP contribution in [0.25, 0.3) is 0 Å². The van der Waals surface area contributed by atoms with Gasteiger partial charge in [0.1, 0.15) is 10.6 Å². The van der Waals surface area contributed by atoms with Crippen molar-refractivity contribution in [2.45, 2.75) is 24.2 Å². The Morgan fingerprint density at radius 1 is 1.32 bits per heavy atom. The third-order valence-corrected chi connectivity index (χ3v) is 6.03. The summed E-state index contributed by atoms with van der Waals surface area (Å²) in [5.74, 6) is -0.194. The van der Waals surface area contributed by atoms with Gasteiger partial charge in [-0.3, -0.25) is 0 Å². The molecule has 2 atom stereocenters. The zero-order chi connectivity index (χ0) is 13.6. The number of hydrogen-bond donors (Lipinski definition) is 2. The highest BCUT2D eigenvalue weighted by Gasteiger charge is 2.41. The first-order chi connectivity index (χ1) is 8.98. The van der Waals surface area contributed by atoms with Crippen molar-refractivity contribution in [1.29, 1.82) is 0 Å². The first-order valence-electron chi connectivity index (χ1n) is 6.40. The van der Waals surface area contributed by atoms with Gasteiger partial charge >= 0.3 is 5.97 Å². The number of aromatic amines is 1. The molecule has 1 saturated carbocycles. The number of H-pyrrole nitrogens is 1. The van der Waals surface area contributed by atoms with Crippen LogP contribution in [-0.2, 0) is 10.0 Å². The number of nitrogens with one attached hydrogen (secondary N) is 1. The molecule has 0 radical (unpaired) electrons. The molecule has 0 bridgehead atoms. The van der Waals surface area contributed by atoms with E-state index < -0.39 is 16.0 Å². The molecule has 2 aliphatic rings. The molecule has 2 fully saturated rings. The molecule has 1 aliphatic carbocycles. The number of hydrogen-bond acceptors (Lipinski definition) is 3. The summed E-state index contributed by atoms with van der Waals surface area (Å²) in [4.78, 5) is 13.3. The van der Waals surface area contributed by atoms with E-state index in [2.05, 4.69) is 4.98 Å². The van der Waals surface area contributed by atoms with Gasteiger partial charge in [-0.05, 0) is 30.7 Å². The Hall–Kier alpha value is -1.34. The summed E-state index contributed by atoms with van der Waals surface area (Å²) in [6.07, 6.45) is 4.65. The molecular weight excluding hydrogens is 268 g/mol. The van der Waals surface area contributed by atoms with E-state index in [-0.39, 0.29) is 10.6 Å². The van der Waals surface area contributed by atoms with Crippen LogP contribution in [0.3, 0.4) is 0 Å². The first-order valence-corrected chi connectivity index (χ1v) is 7.84. The van der Waals surface area contributed by atoms with Gasteiger partial charge in [0, 0.05) is 19.3 Å². The number of carboxylic acids is 1. The van der Waals surface area contributed by atoms with E-state index in [1.165, 1.54) is 23.0 Å². The largest absolute Gasteiger partial charge is 0.477 e. The van der Waals surface area contributed by atoms with Crippen LogP contribution in [-0.4, -0.2) is 41.9 Å². The Kier molecular flexibility index (Phi) is 2.90. The quantitative estimate of drug-likeness (QED) is 0.870. The molecule has 2 heterocycles. The Balaban J connectivity index is 1.84. The second kappa shape index (κ2) is 4.35. The molecule has 1 aromatic heterocycles. The van der Waals surface area contributed by atoms with Gasteiger partial charge in [0.25, 0.3) is 0 Å². The second-order valence-electron chi connectivity index (χ2n) is 5.33. The van der Waals surface area contributed by atoms with E-state index in [0.29, 0.717) is 24.9 Å². The van der Waals surface area contributed by atoms with Crippen LogP contribution >= 0.6 is 0 Å². The fourth-order valence-electron chi connectivity index (χ4n) is 3.18. The molecule has 7 heteroatoms. The fraction of sp³-hybridized carbons (Fsp3) is 0.583. The molecule has 6 nitrogen and oxygen atoms in total. The first kappa shape index (κ1) is 12.7. The maximum atomic E-state index is 12.4. The van der Waals surface area contributed by atoms with Gasteiger partial charge in [-0.2, -0.15) is 4.31 Å². The molecular formula is C12H16N2O4S. The summed E-state index contributed by atoms with van der Waals surface area (Å²) in [6, 6.07) is 1.19. The summed E-state index contributed by atoms with van der Waals surface area (Å²) < 4.78 is 26.3. The van der Waals surface area contributed by atoms with Crippen molar-refractivity contribution in [3.05, 3.63) is 18.0 Å². The molecule has 0 amide bonds. The smallest absolute Gasteiger partial charge is 0.352 e. The molecule has 1 aliphatic heterocycles. The Morgan fingerprint density at radius 3 is 2.47 bits per heavy atom. The van der Waals surface area contributed by atoms with E-state index in [0.717, 1.165) is 12.8 Å². The number of rotatable bonds is 3. The van der Waals surface area contributed by atoms with Crippen LogP contribution in [0.2, 0.25) is 0 Å². The zero-order valence-corrected chi connectivity index (χ0v) is 11.2. The monoisotopic (exact) mass is 284 g/mol. The average Bonchev–Trinajstić information content (AvgIpc) is 3.04. The van der Waals surface area contributed by atoms with Gasteiger partial charge in [-0.25, -0.2) is 13.2 Å². The normalized spacial score (nSPS) is 27.6. The van der Waals surface area contributed by atoms with Crippen molar-refractivity contribution in [3.63, 3.8) is 0 Å². The van der Waals surface area contributed by atoms with E-state index in [1.54, 1.807) is 0 Å². The summed E-state index contributed by atoms with van der Waals surface area (Å²) in [5, 5.41) is 8.82. The van der Waals surface area contributed by atoms with Gasteiger partial charge in [0.15, 0.2) is 0 Å². The second-order valence-corrected chi connectivity index (χ2v) is 7.27. The van der Waals surface area contributed by atoms with E-state index in [4.69, 9.17) is 5.11 Å². The van der Waals surface area contributed by atoms with Crippen LogP contribution in [0, 0.1) is 11.8 Å². The molecule has 0 aromatic carbocycles. The fourth-order valence-corrected chi connectivity index (χ4v) is 4.73. The molecule has 1 aromatic rings. The van der Waals surface area contributed by atoms with Crippen molar-refractivity contribution in [2.24, 2.45) is 11.8 Å². The highest BCUT2D eigenvalue weighted by Crippen LogP contribution is 2.39. The lowest BCUT2D eigenvalue weighted by atomic mass is 10.0. The number of nitrogens with zero attached hydrogens (tertiary/aromatic N) is 1. The van der Waals surface area contributed by atoms with Crippen molar-refractivity contribution >= 4 is 16.0 Å². The number of aromatic nitrogens is 1. The lowest BCUT2D eigenvalue weighted by Gasteiger charge is -2.15. The Morgan fingerprint density at radius 2 is 1.95 bits per heavy atom. The average molecular weight is 284 g/mol. The lowest BCUT2D eigenvalue weighted by molar-refractivity contribution is 0.0691. The minimum Gasteiger partial charge on any atom is -0.477 e. The highest BCUT2D eigenvalue weighted by molar-refractivity contribution is 7.89. The third-order valence-electron chi connectivity index (χ3n) is 4.22. The van der Waals surface area contributed by atoms with Crippen LogP contribution in [0.4, 0.5) is 0 Å². The van der Waals surface area contributed by atoms with Crippen LogP contribution in [0.15, 0.2) is 17.2 Å². The minimum absolute atomic E-state index is 0.0462. The minimum atomic E-state index is -3.55. The summed E-state index contributed by atoms with van der Waals surface area (Å²) in [6.45, 7) is 1.14. The predicted molar refractivity (Wildman–Crippen MR) is 67.3 cm³/mol. The molecule has 2 N–H and O–H groups in total. The third kappa shape index (κ3) is 2.06. The number of aromatic carboxylic acids is 1. The molecule has 2 unspecified atom stereocenters. The molecule has 0 spiro atoms. The van der Waals surface area contributed by atoms with Gasteiger partial charge in [0.05, 0.1) is 0 Å². The predicted octanol–water partition coefficient (Wildman–Crippen LogP) is 1.13. The summed E-state index contributed by atoms with van der Waals surface area (Å²) in [7, 11) is -3.55. The maximum absolute atomic E-state index is 12.4. The van der Waals surface area contributed by atoms with Gasteiger partial charge in [0.2, 0.25) is 10.0 Å². The topological polar surface area (TPSA) is 90.5 Å². The Bertz CT molecular complexity index is 595. The highest BCUT2D eigenvalue weighted by atomic mass is 32.2. The van der Waals surface area contributed by atoms with Crippen molar-refractivity contribution < 1.29 is 18.3 Å². The van der Waals surface area contributed by atoms with E-state index >= 15 is 0 Å². The van der Waals surface area contributed by atoms with Crippen LogP contribution < -0.4 is 0 Å².